The molecule has 0 saturated heterocycles. The quantitative estimate of drug-likeness (QED) is 0.647. The summed E-state index contributed by atoms with van der Waals surface area (Å²) in [7, 11) is 0.152. The van der Waals surface area contributed by atoms with E-state index in [1.165, 1.54) is 0 Å². The lowest BCUT2D eigenvalue weighted by Crippen LogP contribution is -2.33. The van der Waals surface area contributed by atoms with E-state index in [9.17, 15) is 0 Å². The van der Waals surface area contributed by atoms with Crippen LogP contribution in [0.25, 0.3) is 0 Å². The molecule has 0 aliphatic rings. The highest BCUT2D eigenvalue weighted by molar-refractivity contribution is 6.59. The van der Waals surface area contributed by atoms with Crippen LogP contribution in [0.4, 0.5) is 0 Å². The van der Waals surface area contributed by atoms with Crippen LogP contribution in [0.15, 0.2) is 24.3 Å². The first-order valence-corrected chi connectivity index (χ1v) is 4.14. The molecule has 3 nitrogen and oxygen atoms in total. The molecule has 0 amide bonds. The van der Waals surface area contributed by atoms with Crippen molar-refractivity contribution in [1.82, 2.24) is 0 Å². The van der Waals surface area contributed by atoms with Gasteiger partial charge < -0.3 is 14.8 Å². The maximum Gasteiger partial charge on any atom is 0.488 e. The van der Waals surface area contributed by atoms with Crippen LogP contribution in [0.1, 0.15) is 18.6 Å². The Kier molecular flexibility index (Phi) is 3.48. The van der Waals surface area contributed by atoms with E-state index in [2.05, 4.69) is 0 Å². The molecule has 0 fully saturated rings. The summed E-state index contributed by atoms with van der Waals surface area (Å²) >= 11 is 0. The summed E-state index contributed by atoms with van der Waals surface area (Å²) in [5, 5.41) is 18.1. The summed E-state index contributed by atoms with van der Waals surface area (Å²) in [6.45, 7) is 1.86. The van der Waals surface area contributed by atoms with E-state index in [0.29, 0.717) is 5.46 Å². The fraction of sp³-hybridized carbons (Fsp3) is 0.333. The minimum Gasteiger partial charge on any atom is -0.423 e. The molecule has 0 aromatic heterocycles. The Bertz CT molecular complexity index is 275. The number of rotatable bonds is 3. The fourth-order valence-corrected chi connectivity index (χ4v) is 1.24. The molecule has 0 bridgehead atoms. The van der Waals surface area contributed by atoms with Crippen LogP contribution in [0, 0.1) is 0 Å². The Morgan fingerprint density at radius 2 is 1.92 bits per heavy atom. The minimum absolute atomic E-state index is 0.127. The van der Waals surface area contributed by atoms with Gasteiger partial charge in [0.1, 0.15) is 0 Å². The Morgan fingerprint density at radius 1 is 1.31 bits per heavy atom. The predicted octanol–water partition coefficient (Wildman–Crippen LogP) is 0.0738. The second-order valence-electron chi connectivity index (χ2n) is 2.88. The van der Waals surface area contributed by atoms with Crippen LogP contribution < -0.4 is 5.46 Å². The van der Waals surface area contributed by atoms with Crippen molar-refractivity contribution in [2.75, 3.05) is 7.11 Å². The lowest BCUT2D eigenvalue weighted by atomic mass is 9.76. The first kappa shape index (κ1) is 10.2. The van der Waals surface area contributed by atoms with E-state index in [-0.39, 0.29) is 6.10 Å². The van der Waals surface area contributed by atoms with E-state index in [1.54, 1.807) is 19.2 Å². The topological polar surface area (TPSA) is 49.7 Å². The first-order valence-electron chi connectivity index (χ1n) is 4.14. The second-order valence-corrected chi connectivity index (χ2v) is 2.88. The number of hydrogen-bond donors (Lipinski definition) is 2. The summed E-state index contributed by atoms with van der Waals surface area (Å²) in [5.41, 5.74) is 1.30. The van der Waals surface area contributed by atoms with Gasteiger partial charge in [0.05, 0.1) is 6.10 Å². The third-order valence-electron chi connectivity index (χ3n) is 2.07. The highest BCUT2D eigenvalue weighted by Gasteiger charge is 2.18. The summed E-state index contributed by atoms with van der Waals surface area (Å²) in [6, 6.07) is 7.11. The molecule has 4 heteroatoms. The Morgan fingerprint density at radius 3 is 2.46 bits per heavy atom. The zero-order valence-electron chi connectivity index (χ0n) is 7.77. The highest BCUT2D eigenvalue weighted by Crippen LogP contribution is 2.12. The SMILES string of the molecule is COC(C)c1ccccc1B(O)O. The van der Waals surface area contributed by atoms with Crippen molar-refractivity contribution in [2.45, 2.75) is 13.0 Å². The van der Waals surface area contributed by atoms with Crippen LogP contribution >= 0.6 is 0 Å². The van der Waals surface area contributed by atoms with Crippen molar-refractivity contribution in [3.63, 3.8) is 0 Å². The molecular formula is C9H13BO3. The van der Waals surface area contributed by atoms with Gasteiger partial charge in [-0.25, -0.2) is 0 Å². The van der Waals surface area contributed by atoms with Gasteiger partial charge in [0.15, 0.2) is 0 Å². The molecule has 1 atom stereocenters. The van der Waals surface area contributed by atoms with Gasteiger partial charge in [0, 0.05) is 7.11 Å². The molecule has 13 heavy (non-hydrogen) atoms. The van der Waals surface area contributed by atoms with Crippen molar-refractivity contribution >= 4 is 12.6 Å². The maximum absolute atomic E-state index is 9.05. The molecule has 1 rings (SSSR count). The molecule has 0 radical (unpaired) electrons. The Balaban J connectivity index is 3.04. The van der Waals surface area contributed by atoms with Gasteiger partial charge >= 0.3 is 7.12 Å². The van der Waals surface area contributed by atoms with Crippen LogP contribution in [0.5, 0.6) is 0 Å². The first-order chi connectivity index (χ1) is 6.16. The molecule has 0 aliphatic carbocycles. The number of ether oxygens (including phenoxy) is 1. The van der Waals surface area contributed by atoms with Crippen molar-refractivity contribution in [1.29, 1.82) is 0 Å². The van der Waals surface area contributed by atoms with E-state index in [1.807, 2.05) is 19.1 Å². The fourth-order valence-electron chi connectivity index (χ4n) is 1.24. The van der Waals surface area contributed by atoms with Gasteiger partial charge in [-0.3, -0.25) is 0 Å². The largest absolute Gasteiger partial charge is 0.488 e. The molecule has 0 spiro atoms. The normalized spacial score (nSPS) is 12.6. The zero-order chi connectivity index (χ0) is 9.84. The van der Waals surface area contributed by atoms with Crippen LogP contribution in [-0.4, -0.2) is 24.3 Å². The summed E-state index contributed by atoms with van der Waals surface area (Å²) in [4.78, 5) is 0. The van der Waals surface area contributed by atoms with Crippen LogP contribution in [0.3, 0.4) is 0 Å². The number of hydrogen-bond acceptors (Lipinski definition) is 3. The van der Waals surface area contributed by atoms with Gasteiger partial charge in [-0.2, -0.15) is 0 Å². The average Bonchev–Trinajstić information content (AvgIpc) is 2.16. The monoisotopic (exact) mass is 180 g/mol. The van der Waals surface area contributed by atoms with E-state index in [4.69, 9.17) is 14.8 Å². The van der Waals surface area contributed by atoms with Gasteiger partial charge in [-0.05, 0) is 17.9 Å². The lowest BCUT2D eigenvalue weighted by molar-refractivity contribution is 0.120. The van der Waals surface area contributed by atoms with Gasteiger partial charge in [-0.15, -0.1) is 0 Å². The molecule has 0 heterocycles. The standard InChI is InChI=1S/C9H13BO3/c1-7(13-2)8-5-3-4-6-9(8)10(11)12/h3-7,11-12H,1-2H3. The van der Waals surface area contributed by atoms with Crippen molar-refractivity contribution < 1.29 is 14.8 Å². The summed E-state index contributed by atoms with van der Waals surface area (Å²) in [5.74, 6) is 0. The molecule has 70 valence electrons. The number of benzene rings is 1. The van der Waals surface area contributed by atoms with E-state index < -0.39 is 7.12 Å². The predicted molar refractivity (Wildman–Crippen MR) is 51.7 cm³/mol. The molecule has 0 aliphatic heterocycles. The molecule has 1 unspecified atom stereocenters. The van der Waals surface area contributed by atoms with E-state index >= 15 is 0 Å². The Hall–Kier alpha value is -0.835. The van der Waals surface area contributed by atoms with Crippen LogP contribution in [-0.2, 0) is 4.74 Å². The lowest BCUT2D eigenvalue weighted by Gasteiger charge is -2.14. The highest BCUT2D eigenvalue weighted by atomic mass is 16.5. The van der Waals surface area contributed by atoms with Crippen LogP contribution in [0.2, 0.25) is 0 Å². The average molecular weight is 180 g/mol. The summed E-state index contributed by atoms with van der Waals surface area (Å²) < 4.78 is 5.10. The van der Waals surface area contributed by atoms with Gasteiger partial charge in [0.2, 0.25) is 0 Å². The van der Waals surface area contributed by atoms with Crippen molar-refractivity contribution in [2.24, 2.45) is 0 Å². The third kappa shape index (κ3) is 2.31. The molecular weight excluding hydrogens is 167 g/mol. The smallest absolute Gasteiger partial charge is 0.423 e. The molecule has 0 saturated carbocycles. The second kappa shape index (κ2) is 4.41. The molecule has 1 aromatic rings. The summed E-state index contributed by atoms with van der Waals surface area (Å²) in [6.07, 6.45) is -0.127. The van der Waals surface area contributed by atoms with E-state index in [0.717, 1.165) is 5.56 Å². The van der Waals surface area contributed by atoms with Gasteiger partial charge in [-0.1, -0.05) is 24.3 Å². The molecule has 1 aromatic carbocycles. The third-order valence-corrected chi connectivity index (χ3v) is 2.07. The van der Waals surface area contributed by atoms with Crippen molar-refractivity contribution in [3.05, 3.63) is 29.8 Å². The van der Waals surface area contributed by atoms with Crippen molar-refractivity contribution in [3.8, 4) is 0 Å². The van der Waals surface area contributed by atoms with Gasteiger partial charge in [0.25, 0.3) is 0 Å². The molecule has 2 N–H and O–H groups in total. The minimum atomic E-state index is -1.44. The maximum atomic E-state index is 9.05. The number of methoxy groups -OCH3 is 1. The zero-order valence-corrected chi connectivity index (χ0v) is 7.77. The Labute approximate surface area is 78.1 Å².